The zero-order valence-electron chi connectivity index (χ0n) is 9.58. The van der Waals surface area contributed by atoms with Gasteiger partial charge in [0.1, 0.15) is 11.6 Å². The van der Waals surface area contributed by atoms with Crippen molar-refractivity contribution in [1.29, 1.82) is 0 Å². The van der Waals surface area contributed by atoms with Crippen molar-refractivity contribution in [2.45, 2.75) is 44.8 Å². The minimum Gasteiger partial charge on any atom is -0.490 e. The predicted octanol–water partition coefficient (Wildman–Crippen LogP) is 2.78. The maximum Gasteiger partial charge on any atom is 0.126 e. The summed E-state index contributed by atoms with van der Waals surface area (Å²) in [5, 5.41) is 0. The van der Waals surface area contributed by atoms with Gasteiger partial charge in [0, 0.05) is 6.04 Å². The third-order valence-electron chi connectivity index (χ3n) is 3.15. The molecule has 0 unspecified atom stereocenters. The first kappa shape index (κ1) is 11.4. The molecule has 2 rings (SSSR count). The summed E-state index contributed by atoms with van der Waals surface area (Å²) >= 11 is 0. The molecule has 1 aromatic rings. The van der Waals surface area contributed by atoms with Crippen molar-refractivity contribution in [2.75, 3.05) is 0 Å². The van der Waals surface area contributed by atoms with E-state index < -0.39 is 0 Å². The lowest BCUT2D eigenvalue weighted by molar-refractivity contribution is 0.147. The lowest BCUT2D eigenvalue weighted by atomic mass is 9.94. The molecule has 88 valence electrons. The van der Waals surface area contributed by atoms with Gasteiger partial charge in [0.15, 0.2) is 0 Å². The summed E-state index contributed by atoms with van der Waals surface area (Å²) in [4.78, 5) is 0. The molecular weight excluding hydrogens is 205 g/mol. The molecule has 3 heteroatoms. The summed E-state index contributed by atoms with van der Waals surface area (Å²) in [5.41, 5.74) is 6.46. The van der Waals surface area contributed by atoms with E-state index in [9.17, 15) is 4.39 Å². The molecule has 0 spiro atoms. The van der Waals surface area contributed by atoms with Crippen molar-refractivity contribution in [1.82, 2.24) is 0 Å². The highest BCUT2D eigenvalue weighted by molar-refractivity contribution is 5.29. The summed E-state index contributed by atoms with van der Waals surface area (Å²) in [7, 11) is 0. The lowest BCUT2D eigenvalue weighted by Gasteiger charge is -2.26. The van der Waals surface area contributed by atoms with E-state index in [2.05, 4.69) is 0 Å². The molecule has 1 saturated carbocycles. The van der Waals surface area contributed by atoms with Gasteiger partial charge in [0.2, 0.25) is 0 Å². The van der Waals surface area contributed by atoms with Gasteiger partial charge in [-0.2, -0.15) is 0 Å². The van der Waals surface area contributed by atoms with Crippen LogP contribution in [-0.4, -0.2) is 12.1 Å². The Morgan fingerprint density at radius 3 is 2.56 bits per heavy atom. The van der Waals surface area contributed by atoms with Crippen molar-refractivity contribution >= 4 is 0 Å². The molecule has 16 heavy (non-hydrogen) atoms. The fourth-order valence-corrected chi connectivity index (χ4v) is 2.09. The second-order valence-corrected chi connectivity index (χ2v) is 4.57. The molecule has 0 bridgehead atoms. The quantitative estimate of drug-likeness (QED) is 0.836. The van der Waals surface area contributed by atoms with E-state index in [1.807, 2.05) is 0 Å². The van der Waals surface area contributed by atoms with Gasteiger partial charge >= 0.3 is 0 Å². The van der Waals surface area contributed by atoms with Gasteiger partial charge in [0.25, 0.3) is 0 Å². The van der Waals surface area contributed by atoms with Crippen LogP contribution < -0.4 is 10.5 Å². The second kappa shape index (κ2) is 4.83. The minimum atomic E-state index is -0.182. The highest BCUT2D eigenvalue weighted by atomic mass is 19.1. The van der Waals surface area contributed by atoms with Crippen molar-refractivity contribution < 1.29 is 9.13 Å². The molecule has 0 aliphatic heterocycles. The zero-order chi connectivity index (χ0) is 11.5. The highest BCUT2D eigenvalue weighted by Crippen LogP contribution is 2.24. The van der Waals surface area contributed by atoms with Crippen LogP contribution in [0.5, 0.6) is 5.75 Å². The molecule has 1 aliphatic rings. The first-order valence-electron chi connectivity index (χ1n) is 5.83. The zero-order valence-corrected chi connectivity index (χ0v) is 9.58. The third-order valence-corrected chi connectivity index (χ3v) is 3.15. The first-order valence-corrected chi connectivity index (χ1v) is 5.83. The lowest BCUT2D eigenvalue weighted by Crippen LogP contribution is -2.31. The van der Waals surface area contributed by atoms with E-state index in [4.69, 9.17) is 10.5 Å². The molecule has 1 aliphatic carbocycles. The average molecular weight is 223 g/mol. The molecule has 0 aromatic heterocycles. The van der Waals surface area contributed by atoms with Gasteiger partial charge in [-0.15, -0.1) is 0 Å². The maximum absolute atomic E-state index is 13.1. The number of benzene rings is 1. The van der Waals surface area contributed by atoms with Gasteiger partial charge in [-0.3, -0.25) is 0 Å². The normalized spacial score (nSPS) is 25.4. The molecule has 0 atom stereocenters. The third kappa shape index (κ3) is 2.73. The number of aryl methyl sites for hydroxylation is 1. The minimum absolute atomic E-state index is 0.182. The van der Waals surface area contributed by atoms with Crippen LogP contribution >= 0.6 is 0 Å². The molecule has 0 saturated heterocycles. The van der Waals surface area contributed by atoms with Crippen LogP contribution in [0.2, 0.25) is 0 Å². The van der Waals surface area contributed by atoms with Crippen molar-refractivity contribution in [3.05, 3.63) is 29.6 Å². The molecule has 1 aromatic carbocycles. The van der Waals surface area contributed by atoms with Crippen LogP contribution in [0.25, 0.3) is 0 Å². The Hall–Kier alpha value is -1.09. The van der Waals surface area contributed by atoms with Gasteiger partial charge in [-0.25, -0.2) is 4.39 Å². The van der Waals surface area contributed by atoms with Crippen LogP contribution in [-0.2, 0) is 0 Å². The molecule has 1 fully saturated rings. The molecule has 2 N–H and O–H groups in total. The number of halogens is 1. The van der Waals surface area contributed by atoms with E-state index in [1.54, 1.807) is 19.1 Å². The largest absolute Gasteiger partial charge is 0.490 e. The summed E-state index contributed by atoms with van der Waals surface area (Å²) < 4.78 is 18.9. The fourth-order valence-electron chi connectivity index (χ4n) is 2.09. The fraction of sp³-hybridized carbons (Fsp3) is 0.538. The monoisotopic (exact) mass is 223 g/mol. The summed E-state index contributed by atoms with van der Waals surface area (Å²) in [6, 6.07) is 5.23. The van der Waals surface area contributed by atoms with Crippen LogP contribution in [0.4, 0.5) is 4.39 Å². The van der Waals surface area contributed by atoms with Crippen molar-refractivity contribution in [3.63, 3.8) is 0 Å². The molecule has 0 amide bonds. The van der Waals surface area contributed by atoms with E-state index >= 15 is 0 Å². The standard InChI is InChI=1S/C13H18FNO/c1-9-8-12(6-7-13(9)14)16-11-4-2-10(15)3-5-11/h6-8,10-11H,2-5,15H2,1H3. The number of nitrogens with two attached hydrogens (primary N) is 1. The Bertz CT molecular complexity index is 359. The van der Waals surface area contributed by atoms with Crippen LogP contribution in [0, 0.1) is 12.7 Å². The van der Waals surface area contributed by atoms with E-state index in [0.29, 0.717) is 11.6 Å². The number of hydrogen-bond donors (Lipinski definition) is 1. The summed E-state index contributed by atoms with van der Waals surface area (Å²) in [6.45, 7) is 1.75. The van der Waals surface area contributed by atoms with E-state index in [-0.39, 0.29) is 11.9 Å². The Labute approximate surface area is 95.6 Å². The topological polar surface area (TPSA) is 35.2 Å². The molecule has 0 heterocycles. The van der Waals surface area contributed by atoms with Crippen LogP contribution in [0.3, 0.4) is 0 Å². The number of rotatable bonds is 2. The van der Waals surface area contributed by atoms with Gasteiger partial charge < -0.3 is 10.5 Å². The summed E-state index contributed by atoms with van der Waals surface area (Å²) in [6.07, 6.45) is 4.27. The smallest absolute Gasteiger partial charge is 0.126 e. The Balaban J connectivity index is 1.96. The molecular formula is C13H18FNO. The van der Waals surface area contributed by atoms with Crippen LogP contribution in [0.15, 0.2) is 18.2 Å². The number of hydrogen-bond acceptors (Lipinski definition) is 2. The maximum atomic E-state index is 13.1. The Morgan fingerprint density at radius 2 is 1.94 bits per heavy atom. The Kier molecular flexibility index (Phi) is 3.44. The van der Waals surface area contributed by atoms with Crippen molar-refractivity contribution in [2.24, 2.45) is 5.73 Å². The van der Waals surface area contributed by atoms with E-state index in [0.717, 1.165) is 31.4 Å². The molecule has 2 nitrogen and oxygen atoms in total. The predicted molar refractivity (Wildman–Crippen MR) is 62.0 cm³/mol. The number of ether oxygens (including phenoxy) is 1. The molecule has 0 radical (unpaired) electrons. The van der Waals surface area contributed by atoms with Crippen molar-refractivity contribution in [3.8, 4) is 5.75 Å². The first-order chi connectivity index (χ1) is 7.65. The SMILES string of the molecule is Cc1cc(OC2CCC(N)CC2)ccc1F. The van der Waals surface area contributed by atoms with E-state index in [1.165, 1.54) is 6.07 Å². The highest BCUT2D eigenvalue weighted by Gasteiger charge is 2.19. The summed E-state index contributed by atoms with van der Waals surface area (Å²) in [5.74, 6) is 0.581. The van der Waals surface area contributed by atoms with Gasteiger partial charge in [-0.1, -0.05) is 0 Å². The second-order valence-electron chi connectivity index (χ2n) is 4.57. The average Bonchev–Trinajstić information content (AvgIpc) is 2.27. The van der Waals surface area contributed by atoms with Crippen LogP contribution in [0.1, 0.15) is 31.2 Å². The van der Waals surface area contributed by atoms with Gasteiger partial charge in [-0.05, 0) is 56.4 Å². The van der Waals surface area contributed by atoms with Gasteiger partial charge in [0.05, 0.1) is 6.10 Å². The Morgan fingerprint density at radius 1 is 1.25 bits per heavy atom.